The van der Waals surface area contributed by atoms with E-state index in [0.717, 1.165) is 21.6 Å². The molecular formula is C36H35N3O5. The van der Waals surface area contributed by atoms with Crippen molar-refractivity contribution in [3.8, 4) is 0 Å². The van der Waals surface area contributed by atoms with E-state index >= 15 is 0 Å². The highest BCUT2D eigenvalue weighted by molar-refractivity contribution is 6.03. The minimum Gasteiger partial charge on any atom is -0.449 e. The molecule has 8 nitrogen and oxygen atoms in total. The number of hydrogen-bond acceptors (Lipinski definition) is 6. The maximum atomic E-state index is 13.1. The molecule has 5 rings (SSSR count). The Morgan fingerprint density at radius 1 is 0.841 bits per heavy atom. The summed E-state index contributed by atoms with van der Waals surface area (Å²) in [4.78, 5) is 46.0. The molecule has 0 spiro atoms. The molecule has 0 aliphatic carbocycles. The number of oxime groups is 1. The van der Waals surface area contributed by atoms with Gasteiger partial charge in [-0.2, -0.15) is 0 Å². The van der Waals surface area contributed by atoms with Crippen molar-refractivity contribution < 1.29 is 24.0 Å². The van der Waals surface area contributed by atoms with Gasteiger partial charge in [-0.25, -0.2) is 14.5 Å². The van der Waals surface area contributed by atoms with Crippen LogP contribution >= 0.6 is 0 Å². The molecule has 1 N–H and O–H groups in total. The van der Waals surface area contributed by atoms with Gasteiger partial charge in [-0.05, 0) is 47.2 Å². The number of benzene rings is 4. The summed E-state index contributed by atoms with van der Waals surface area (Å²) in [5.74, 6) is -0.733. The molecule has 4 aromatic rings. The van der Waals surface area contributed by atoms with Gasteiger partial charge in [0, 0.05) is 6.54 Å². The van der Waals surface area contributed by atoms with E-state index in [4.69, 9.17) is 9.57 Å². The number of esters is 1. The smallest absolute Gasteiger partial charge is 0.339 e. The molecular weight excluding hydrogens is 554 g/mol. The van der Waals surface area contributed by atoms with Gasteiger partial charge in [0.1, 0.15) is 5.41 Å². The molecule has 1 unspecified atom stereocenters. The Labute approximate surface area is 257 Å². The molecule has 0 radical (unpaired) electrons. The Morgan fingerprint density at radius 3 is 1.93 bits per heavy atom. The molecule has 1 heterocycles. The van der Waals surface area contributed by atoms with Crippen molar-refractivity contribution in [3.05, 3.63) is 143 Å². The molecule has 224 valence electrons. The quantitative estimate of drug-likeness (QED) is 0.0892. The van der Waals surface area contributed by atoms with Crippen molar-refractivity contribution in [2.75, 3.05) is 0 Å². The average molecular weight is 590 g/mol. The Balaban J connectivity index is 1.24. The lowest BCUT2D eigenvalue weighted by atomic mass is 9.72. The summed E-state index contributed by atoms with van der Waals surface area (Å²) >= 11 is 0. The van der Waals surface area contributed by atoms with E-state index in [0.29, 0.717) is 24.0 Å². The zero-order valence-electron chi connectivity index (χ0n) is 24.8. The van der Waals surface area contributed by atoms with Gasteiger partial charge >= 0.3 is 12.0 Å². The number of nitrogens with zero attached hydrogens (tertiary/aromatic N) is 2. The van der Waals surface area contributed by atoms with Crippen LogP contribution < -0.4 is 5.32 Å². The zero-order chi connectivity index (χ0) is 30.9. The predicted octanol–water partition coefficient (Wildman–Crippen LogP) is 6.87. The Kier molecular flexibility index (Phi) is 9.49. The highest BCUT2D eigenvalue weighted by Gasteiger charge is 2.63. The number of ether oxygens (including phenoxy) is 1. The number of hydrogen-bond donors (Lipinski definition) is 1. The largest absolute Gasteiger partial charge is 0.449 e. The topological polar surface area (TPSA) is 97.3 Å². The van der Waals surface area contributed by atoms with Gasteiger partial charge in [-0.1, -0.05) is 122 Å². The maximum Gasteiger partial charge on any atom is 0.339 e. The summed E-state index contributed by atoms with van der Waals surface area (Å²) in [5.41, 5.74) is 2.91. The van der Waals surface area contributed by atoms with Crippen LogP contribution in [0.1, 0.15) is 65.4 Å². The second-order valence-electron chi connectivity index (χ2n) is 10.6. The number of imide groups is 1. The molecule has 3 amide bonds. The van der Waals surface area contributed by atoms with Gasteiger partial charge in [-0.15, -0.1) is 0 Å². The fraction of sp³-hybridized carbons (Fsp3) is 0.222. The molecule has 4 aromatic carbocycles. The van der Waals surface area contributed by atoms with E-state index in [-0.39, 0.29) is 12.5 Å². The summed E-state index contributed by atoms with van der Waals surface area (Å²) in [6.07, 6.45) is 1.13. The first-order valence-electron chi connectivity index (χ1n) is 14.7. The van der Waals surface area contributed by atoms with Crippen LogP contribution in [-0.4, -0.2) is 35.3 Å². The fourth-order valence-electron chi connectivity index (χ4n) is 5.35. The SMILES string of the molecule is CCC1(CC)C(=O)N(C(=O)NCc2ccccc2)C1O/N=C/c1ccc(C(=O)OC(c2ccccc2)c2ccccc2)cc1. The minimum atomic E-state index is -0.834. The Bertz CT molecular complexity index is 1550. The van der Waals surface area contributed by atoms with E-state index in [2.05, 4.69) is 10.5 Å². The van der Waals surface area contributed by atoms with Crippen molar-refractivity contribution in [3.63, 3.8) is 0 Å². The number of urea groups is 1. The lowest BCUT2D eigenvalue weighted by Crippen LogP contribution is -2.72. The number of carbonyl (C=O) groups is 3. The summed E-state index contributed by atoms with van der Waals surface area (Å²) in [6.45, 7) is 4.09. The second-order valence-corrected chi connectivity index (χ2v) is 10.6. The van der Waals surface area contributed by atoms with Crippen molar-refractivity contribution >= 4 is 24.1 Å². The summed E-state index contributed by atoms with van der Waals surface area (Å²) in [5, 5.41) is 6.92. The molecule has 1 aliphatic rings. The van der Waals surface area contributed by atoms with Crippen molar-refractivity contribution in [2.24, 2.45) is 10.6 Å². The lowest BCUT2D eigenvalue weighted by Gasteiger charge is -2.51. The van der Waals surface area contributed by atoms with Gasteiger partial charge in [0.15, 0.2) is 6.10 Å². The molecule has 0 saturated carbocycles. The molecule has 1 aliphatic heterocycles. The number of carbonyl (C=O) groups excluding carboxylic acids is 3. The fourth-order valence-corrected chi connectivity index (χ4v) is 5.35. The van der Waals surface area contributed by atoms with Crippen molar-refractivity contribution in [1.82, 2.24) is 10.2 Å². The van der Waals surface area contributed by atoms with Crippen LogP contribution in [0.3, 0.4) is 0 Å². The van der Waals surface area contributed by atoms with Crippen LogP contribution in [0.25, 0.3) is 0 Å². The Hall–Kier alpha value is -5.24. The highest BCUT2D eigenvalue weighted by Crippen LogP contribution is 2.45. The molecule has 44 heavy (non-hydrogen) atoms. The van der Waals surface area contributed by atoms with Crippen LogP contribution in [0.5, 0.6) is 0 Å². The number of amides is 3. The first-order chi connectivity index (χ1) is 21.5. The molecule has 1 saturated heterocycles. The summed E-state index contributed by atoms with van der Waals surface area (Å²) in [6, 6.07) is 34.9. The van der Waals surface area contributed by atoms with Crippen LogP contribution in [0.2, 0.25) is 0 Å². The predicted molar refractivity (Wildman–Crippen MR) is 168 cm³/mol. The number of rotatable bonds is 11. The van der Waals surface area contributed by atoms with Crippen molar-refractivity contribution in [2.45, 2.75) is 45.6 Å². The average Bonchev–Trinajstić information content (AvgIpc) is 3.08. The van der Waals surface area contributed by atoms with Crippen LogP contribution in [0.15, 0.2) is 120 Å². The van der Waals surface area contributed by atoms with Crippen LogP contribution in [0.4, 0.5) is 4.79 Å². The van der Waals surface area contributed by atoms with E-state index in [1.54, 1.807) is 24.3 Å². The molecule has 1 fully saturated rings. The van der Waals surface area contributed by atoms with Crippen LogP contribution in [-0.2, 0) is 20.9 Å². The van der Waals surface area contributed by atoms with Gasteiger partial charge in [0.2, 0.25) is 12.1 Å². The maximum absolute atomic E-state index is 13.1. The van der Waals surface area contributed by atoms with Gasteiger partial charge in [0.05, 0.1) is 11.8 Å². The van der Waals surface area contributed by atoms with E-state index in [9.17, 15) is 14.4 Å². The third kappa shape index (κ3) is 6.39. The van der Waals surface area contributed by atoms with E-state index < -0.39 is 29.7 Å². The van der Waals surface area contributed by atoms with Crippen molar-refractivity contribution in [1.29, 1.82) is 0 Å². The summed E-state index contributed by atoms with van der Waals surface area (Å²) in [7, 11) is 0. The standard InChI is InChI=1S/C36H35N3O5/c1-3-36(4-2)33(41)39(35(42)37-24-26-14-8-5-9-15-26)34(36)44-38-25-27-20-22-30(23-21-27)32(40)43-31(28-16-10-6-11-17-28)29-18-12-7-13-19-29/h5-23,25,31,34H,3-4,24H2,1-2H3,(H,37,42)/b38-25+. The number of nitrogens with one attached hydrogen (secondary N) is 1. The minimum absolute atomic E-state index is 0.277. The van der Waals surface area contributed by atoms with Crippen LogP contribution in [0, 0.1) is 5.41 Å². The molecule has 0 aromatic heterocycles. The first-order valence-corrected chi connectivity index (χ1v) is 14.7. The number of β-lactam (4-membered cyclic amide) rings is 1. The lowest BCUT2D eigenvalue weighted by molar-refractivity contribution is -0.210. The Morgan fingerprint density at radius 2 is 1.39 bits per heavy atom. The van der Waals surface area contributed by atoms with E-state index in [1.165, 1.54) is 6.21 Å². The van der Waals surface area contributed by atoms with E-state index in [1.807, 2.05) is 105 Å². The third-order valence-electron chi connectivity index (χ3n) is 8.06. The third-order valence-corrected chi connectivity index (χ3v) is 8.06. The first kappa shape index (κ1) is 30.2. The molecule has 8 heteroatoms. The highest BCUT2D eigenvalue weighted by atomic mass is 16.7. The molecule has 1 atom stereocenters. The number of likely N-dealkylation sites (tertiary alicyclic amines) is 1. The monoisotopic (exact) mass is 589 g/mol. The zero-order valence-corrected chi connectivity index (χ0v) is 24.8. The van der Waals surface area contributed by atoms with Gasteiger partial charge < -0.3 is 14.9 Å². The second kappa shape index (κ2) is 13.8. The normalized spacial score (nSPS) is 15.6. The summed E-state index contributed by atoms with van der Waals surface area (Å²) < 4.78 is 5.95. The van der Waals surface area contributed by atoms with Gasteiger partial charge in [-0.3, -0.25) is 4.79 Å². The molecule has 0 bridgehead atoms. The van der Waals surface area contributed by atoms with Gasteiger partial charge in [0.25, 0.3) is 0 Å².